The third kappa shape index (κ3) is 4.83. The van der Waals surface area contributed by atoms with E-state index in [9.17, 15) is 13.6 Å². The van der Waals surface area contributed by atoms with E-state index >= 15 is 0 Å². The van der Waals surface area contributed by atoms with Crippen LogP contribution in [-0.4, -0.2) is 25.8 Å². The Morgan fingerprint density at radius 1 is 1.12 bits per heavy atom. The summed E-state index contributed by atoms with van der Waals surface area (Å²) in [4.78, 5) is 13.2. The van der Waals surface area contributed by atoms with E-state index in [2.05, 4.69) is 4.74 Å². The molecule has 2 aromatic carbocycles. The van der Waals surface area contributed by atoms with Crippen molar-refractivity contribution < 1.29 is 23.0 Å². The SMILES string of the molecule is COc1cc(/C=C/C(=O)c2ccc(SC)cc2)ccc1OC(F)F. The topological polar surface area (TPSA) is 35.5 Å². The fourth-order valence-corrected chi connectivity index (χ4v) is 2.41. The molecule has 0 atom stereocenters. The van der Waals surface area contributed by atoms with Gasteiger partial charge in [0.25, 0.3) is 0 Å². The number of carbonyl (C=O) groups is 1. The zero-order valence-corrected chi connectivity index (χ0v) is 14.0. The molecule has 0 heterocycles. The predicted octanol–water partition coefficient (Wildman–Crippen LogP) is 4.91. The standard InChI is InChI=1S/C18H16F2O3S/c1-22-17-11-12(4-10-16(17)23-18(19)20)3-9-15(21)13-5-7-14(24-2)8-6-13/h3-11,18H,1-2H3/b9-3+. The van der Waals surface area contributed by atoms with E-state index in [1.165, 1.54) is 25.3 Å². The maximum atomic E-state index is 12.3. The molecule has 6 heteroatoms. The summed E-state index contributed by atoms with van der Waals surface area (Å²) >= 11 is 1.60. The van der Waals surface area contributed by atoms with E-state index in [4.69, 9.17) is 4.74 Å². The normalized spacial score (nSPS) is 11.0. The minimum absolute atomic E-state index is 0.0522. The Kier molecular flexibility index (Phi) is 6.37. The van der Waals surface area contributed by atoms with Gasteiger partial charge in [0.15, 0.2) is 17.3 Å². The molecule has 0 radical (unpaired) electrons. The maximum Gasteiger partial charge on any atom is 0.387 e. The Bertz CT molecular complexity index is 728. The number of ketones is 1. The lowest BCUT2D eigenvalue weighted by molar-refractivity contribution is -0.0512. The van der Waals surface area contributed by atoms with Crippen LogP contribution in [0, 0.1) is 0 Å². The maximum absolute atomic E-state index is 12.3. The van der Waals surface area contributed by atoms with Gasteiger partial charge in [0.05, 0.1) is 7.11 Å². The molecule has 0 aliphatic rings. The summed E-state index contributed by atoms with van der Waals surface area (Å²) in [5.74, 6) is -0.0209. The number of hydrogen-bond acceptors (Lipinski definition) is 4. The average Bonchev–Trinajstić information content (AvgIpc) is 2.60. The van der Waals surface area contributed by atoms with E-state index in [0.717, 1.165) is 4.90 Å². The summed E-state index contributed by atoms with van der Waals surface area (Å²) in [6.45, 7) is -2.92. The number of allylic oxidation sites excluding steroid dienone is 1. The molecule has 2 rings (SSSR count). The smallest absolute Gasteiger partial charge is 0.387 e. The number of rotatable bonds is 7. The minimum Gasteiger partial charge on any atom is -0.493 e. The van der Waals surface area contributed by atoms with Gasteiger partial charge in [-0.2, -0.15) is 8.78 Å². The average molecular weight is 350 g/mol. The number of alkyl halides is 2. The van der Waals surface area contributed by atoms with E-state index in [1.54, 1.807) is 36.0 Å². The van der Waals surface area contributed by atoms with Gasteiger partial charge in [-0.1, -0.05) is 12.1 Å². The number of methoxy groups -OCH3 is 1. The van der Waals surface area contributed by atoms with Crippen molar-refractivity contribution in [1.82, 2.24) is 0 Å². The van der Waals surface area contributed by atoms with Crippen LogP contribution in [0.5, 0.6) is 11.5 Å². The molecule has 0 fully saturated rings. The number of hydrogen-bond donors (Lipinski definition) is 0. The summed E-state index contributed by atoms with van der Waals surface area (Å²) in [6.07, 6.45) is 4.99. The second-order valence-electron chi connectivity index (χ2n) is 4.71. The molecule has 0 aromatic heterocycles. The molecule has 0 unspecified atom stereocenters. The second kappa shape index (κ2) is 8.49. The van der Waals surface area contributed by atoms with Crippen LogP contribution in [0.1, 0.15) is 15.9 Å². The summed E-state index contributed by atoms with van der Waals surface area (Å²) < 4.78 is 34.0. The van der Waals surface area contributed by atoms with Crippen LogP contribution in [-0.2, 0) is 0 Å². The highest BCUT2D eigenvalue weighted by atomic mass is 32.2. The van der Waals surface area contributed by atoms with Gasteiger partial charge in [-0.25, -0.2) is 0 Å². The van der Waals surface area contributed by atoms with Gasteiger partial charge in [-0.15, -0.1) is 11.8 Å². The highest BCUT2D eigenvalue weighted by Gasteiger charge is 2.10. The van der Waals surface area contributed by atoms with Crippen molar-refractivity contribution in [3.63, 3.8) is 0 Å². The highest BCUT2D eigenvalue weighted by molar-refractivity contribution is 7.98. The molecule has 126 valence electrons. The van der Waals surface area contributed by atoms with Crippen LogP contribution in [0.15, 0.2) is 53.4 Å². The molecule has 0 saturated carbocycles. The van der Waals surface area contributed by atoms with Crippen molar-refractivity contribution in [2.24, 2.45) is 0 Å². The van der Waals surface area contributed by atoms with Gasteiger partial charge in [-0.05, 0) is 54.3 Å². The number of thioether (sulfide) groups is 1. The largest absolute Gasteiger partial charge is 0.493 e. The molecule has 0 spiro atoms. The van der Waals surface area contributed by atoms with Crippen molar-refractivity contribution in [3.05, 3.63) is 59.7 Å². The van der Waals surface area contributed by atoms with Crippen molar-refractivity contribution in [1.29, 1.82) is 0 Å². The molecule has 0 amide bonds. The van der Waals surface area contributed by atoms with Crippen LogP contribution in [0.4, 0.5) is 8.78 Å². The molecule has 24 heavy (non-hydrogen) atoms. The molecule has 0 N–H and O–H groups in total. The van der Waals surface area contributed by atoms with E-state index in [-0.39, 0.29) is 17.3 Å². The Morgan fingerprint density at radius 2 is 1.83 bits per heavy atom. The number of benzene rings is 2. The number of halogens is 2. The Balaban J connectivity index is 2.14. The fourth-order valence-electron chi connectivity index (χ4n) is 2.00. The number of carbonyl (C=O) groups excluding carboxylic acids is 1. The van der Waals surface area contributed by atoms with Gasteiger partial charge in [-0.3, -0.25) is 4.79 Å². The van der Waals surface area contributed by atoms with Crippen molar-refractivity contribution in [2.75, 3.05) is 13.4 Å². The molecule has 2 aromatic rings. The lowest BCUT2D eigenvalue weighted by Gasteiger charge is -2.10. The third-order valence-corrected chi connectivity index (χ3v) is 3.95. The summed E-state index contributed by atoms with van der Waals surface area (Å²) in [7, 11) is 1.36. The Hall–Kier alpha value is -2.34. The van der Waals surface area contributed by atoms with Crippen molar-refractivity contribution >= 4 is 23.6 Å². The van der Waals surface area contributed by atoms with E-state index in [1.807, 2.05) is 18.4 Å². The van der Waals surface area contributed by atoms with Gasteiger partial charge >= 0.3 is 6.61 Å². The monoisotopic (exact) mass is 350 g/mol. The van der Waals surface area contributed by atoms with Gasteiger partial charge in [0.1, 0.15) is 0 Å². The molecular formula is C18H16F2O3S. The summed E-state index contributed by atoms with van der Waals surface area (Å²) in [6, 6.07) is 11.8. The first-order chi connectivity index (χ1) is 11.5. The van der Waals surface area contributed by atoms with Crippen LogP contribution < -0.4 is 9.47 Å². The lowest BCUT2D eigenvalue weighted by atomic mass is 10.1. The zero-order chi connectivity index (χ0) is 17.5. The van der Waals surface area contributed by atoms with Crippen molar-refractivity contribution in [2.45, 2.75) is 11.5 Å². The molecule has 0 bridgehead atoms. The lowest BCUT2D eigenvalue weighted by Crippen LogP contribution is -2.03. The van der Waals surface area contributed by atoms with Crippen LogP contribution in [0.3, 0.4) is 0 Å². The molecular weight excluding hydrogens is 334 g/mol. The Labute approximate surface area is 143 Å². The first kappa shape index (κ1) is 18.0. The first-order valence-electron chi connectivity index (χ1n) is 7.03. The van der Waals surface area contributed by atoms with E-state index < -0.39 is 6.61 Å². The van der Waals surface area contributed by atoms with Crippen LogP contribution in [0.25, 0.3) is 6.08 Å². The quantitative estimate of drug-likeness (QED) is 0.404. The van der Waals surface area contributed by atoms with Gasteiger partial charge in [0.2, 0.25) is 0 Å². The highest BCUT2D eigenvalue weighted by Crippen LogP contribution is 2.29. The van der Waals surface area contributed by atoms with Gasteiger partial charge in [0, 0.05) is 10.5 Å². The summed E-state index contributed by atoms with van der Waals surface area (Å²) in [5, 5.41) is 0. The minimum atomic E-state index is -2.92. The van der Waals surface area contributed by atoms with Crippen LogP contribution in [0.2, 0.25) is 0 Å². The predicted molar refractivity (Wildman–Crippen MR) is 91.2 cm³/mol. The zero-order valence-electron chi connectivity index (χ0n) is 13.2. The molecule has 0 aliphatic carbocycles. The molecule has 0 aliphatic heterocycles. The first-order valence-corrected chi connectivity index (χ1v) is 8.25. The number of ether oxygens (including phenoxy) is 2. The summed E-state index contributed by atoms with van der Waals surface area (Å²) in [5.41, 5.74) is 1.22. The fraction of sp³-hybridized carbons (Fsp3) is 0.167. The van der Waals surface area contributed by atoms with E-state index in [0.29, 0.717) is 11.1 Å². The Morgan fingerprint density at radius 3 is 2.42 bits per heavy atom. The van der Waals surface area contributed by atoms with Crippen LogP contribution >= 0.6 is 11.8 Å². The second-order valence-corrected chi connectivity index (χ2v) is 5.59. The van der Waals surface area contributed by atoms with Gasteiger partial charge < -0.3 is 9.47 Å². The van der Waals surface area contributed by atoms with Crippen molar-refractivity contribution in [3.8, 4) is 11.5 Å². The molecule has 0 saturated heterocycles. The molecule has 3 nitrogen and oxygen atoms in total. The third-order valence-electron chi connectivity index (χ3n) is 3.21.